The fourth-order valence-corrected chi connectivity index (χ4v) is 4.45. The third-order valence-electron chi connectivity index (χ3n) is 5.92. The Morgan fingerprint density at radius 3 is 2.63 bits per heavy atom. The Labute approximate surface area is 183 Å². The van der Waals surface area contributed by atoms with Gasteiger partial charge in [0.25, 0.3) is 5.91 Å². The van der Waals surface area contributed by atoms with E-state index in [2.05, 4.69) is 18.3 Å². The molecular formula is C24H29ClN4O. The van der Waals surface area contributed by atoms with E-state index in [1.165, 1.54) is 12.8 Å². The van der Waals surface area contributed by atoms with Gasteiger partial charge >= 0.3 is 0 Å². The van der Waals surface area contributed by atoms with Gasteiger partial charge in [-0.1, -0.05) is 42.6 Å². The highest BCUT2D eigenvalue weighted by Crippen LogP contribution is 2.24. The average molecular weight is 425 g/mol. The molecule has 1 aliphatic heterocycles. The molecule has 2 aromatic heterocycles. The molecular weight excluding hydrogens is 396 g/mol. The van der Waals surface area contributed by atoms with Gasteiger partial charge < -0.3 is 14.6 Å². The van der Waals surface area contributed by atoms with E-state index in [9.17, 15) is 4.79 Å². The highest BCUT2D eigenvalue weighted by atomic mass is 35.5. The summed E-state index contributed by atoms with van der Waals surface area (Å²) in [6, 6.07) is 12.0. The summed E-state index contributed by atoms with van der Waals surface area (Å²) in [5, 5.41) is 4.29. The summed E-state index contributed by atoms with van der Waals surface area (Å²) in [7, 11) is 0. The molecule has 0 saturated carbocycles. The lowest BCUT2D eigenvalue weighted by molar-refractivity contribution is 0.0755. The lowest BCUT2D eigenvalue weighted by Crippen LogP contribution is -2.33. The van der Waals surface area contributed by atoms with Crippen molar-refractivity contribution in [2.75, 3.05) is 13.1 Å². The first kappa shape index (κ1) is 20.9. The number of hydrogen-bond donors (Lipinski definition) is 1. The van der Waals surface area contributed by atoms with Gasteiger partial charge in [0.1, 0.15) is 5.65 Å². The van der Waals surface area contributed by atoms with Crippen molar-refractivity contribution >= 4 is 23.2 Å². The van der Waals surface area contributed by atoms with E-state index in [-0.39, 0.29) is 11.9 Å². The van der Waals surface area contributed by atoms with E-state index >= 15 is 0 Å². The fourth-order valence-electron chi connectivity index (χ4n) is 4.15. The topological polar surface area (TPSA) is 49.6 Å². The zero-order valence-corrected chi connectivity index (χ0v) is 18.5. The number of pyridine rings is 1. The second-order valence-corrected chi connectivity index (χ2v) is 8.58. The fraction of sp³-hybridized carbons (Fsp3) is 0.417. The molecule has 3 heterocycles. The van der Waals surface area contributed by atoms with E-state index in [1.807, 2.05) is 52.8 Å². The zero-order chi connectivity index (χ0) is 21.1. The number of hydrogen-bond acceptors (Lipinski definition) is 3. The van der Waals surface area contributed by atoms with Crippen molar-refractivity contribution in [3.05, 3.63) is 70.1 Å². The molecule has 6 heteroatoms. The van der Waals surface area contributed by atoms with Crippen molar-refractivity contribution in [2.45, 2.75) is 52.1 Å². The van der Waals surface area contributed by atoms with Crippen LogP contribution in [-0.2, 0) is 6.54 Å². The van der Waals surface area contributed by atoms with Gasteiger partial charge in [0, 0.05) is 36.9 Å². The molecule has 30 heavy (non-hydrogen) atoms. The van der Waals surface area contributed by atoms with Crippen molar-refractivity contribution in [1.82, 2.24) is 19.6 Å². The number of carbonyl (C=O) groups is 1. The number of nitrogens with one attached hydrogen (secondary N) is 1. The number of rotatable bonds is 5. The normalized spacial score (nSPS) is 15.9. The Balaban J connectivity index is 1.64. The Morgan fingerprint density at radius 2 is 1.90 bits per heavy atom. The van der Waals surface area contributed by atoms with Crippen molar-refractivity contribution < 1.29 is 4.79 Å². The van der Waals surface area contributed by atoms with E-state index in [1.54, 1.807) is 0 Å². The standard InChI is InChI=1S/C24H29ClN4O/c1-17-11-14-29-21(16-26-18(2)19-9-5-6-10-20(19)25)23(27-22(29)15-17)24(30)28-12-7-3-4-8-13-28/h5-6,9-11,14-15,18,26H,3-4,7-8,12-13,16H2,1-2H3. The van der Waals surface area contributed by atoms with Crippen LogP contribution in [0.25, 0.3) is 5.65 Å². The number of halogens is 1. The second-order valence-electron chi connectivity index (χ2n) is 8.17. The van der Waals surface area contributed by atoms with Crippen LogP contribution in [0, 0.1) is 6.92 Å². The van der Waals surface area contributed by atoms with Gasteiger partial charge in [0.15, 0.2) is 5.69 Å². The van der Waals surface area contributed by atoms with Crippen LogP contribution in [0.3, 0.4) is 0 Å². The number of nitrogens with zero attached hydrogens (tertiary/aromatic N) is 3. The van der Waals surface area contributed by atoms with Crippen molar-refractivity contribution in [3.8, 4) is 0 Å². The maximum atomic E-state index is 13.4. The predicted octanol–water partition coefficient (Wildman–Crippen LogP) is 5.16. The molecule has 1 unspecified atom stereocenters. The van der Waals surface area contributed by atoms with Gasteiger partial charge in [-0.15, -0.1) is 0 Å². The second kappa shape index (κ2) is 9.19. The molecule has 1 amide bonds. The Kier molecular flexibility index (Phi) is 6.40. The van der Waals surface area contributed by atoms with E-state index in [0.717, 1.165) is 53.4 Å². The third kappa shape index (κ3) is 4.37. The van der Waals surface area contributed by atoms with Gasteiger partial charge in [-0.3, -0.25) is 4.79 Å². The Morgan fingerprint density at radius 1 is 1.17 bits per heavy atom. The van der Waals surface area contributed by atoms with Crippen LogP contribution in [0.5, 0.6) is 0 Å². The Hall–Kier alpha value is -2.37. The molecule has 1 aliphatic rings. The minimum Gasteiger partial charge on any atom is -0.337 e. The SMILES string of the molecule is Cc1ccn2c(CNC(C)c3ccccc3Cl)c(C(=O)N3CCCCCC3)nc2c1. The highest BCUT2D eigenvalue weighted by Gasteiger charge is 2.25. The lowest BCUT2D eigenvalue weighted by Gasteiger charge is -2.20. The largest absolute Gasteiger partial charge is 0.337 e. The number of imidazole rings is 1. The van der Waals surface area contributed by atoms with Gasteiger partial charge in [0.05, 0.1) is 5.69 Å². The van der Waals surface area contributed by atoms with Gasteiger partial charge in [-0.25, -0.2) is 4.98 Å². The number of fused-ring (bicyclic) bond motifs is 1. The number of benzene rings is 1. The first-order chi connectivity index (χ1) is 14.5. The molecule has 1 aromatic carbocycles. The molecule has 3 aromatic rings. The number of likely N-dealkylation sites (tertiary alicyclic amines) is 1. The summed E-state index contributed by atoms with van der Waals surface area (Å²) in [6.07, 6.45) is 6.52. The van der Waals surface area contributed by atoms with Crippen molar-refractivity contribution in [2.24, 2.45) is 0 Å². The molecule has 158 valence electrons. The minimum atomic E-state index is 0.0421. The van der Waals surface area contributed by atoms with Gasteiger partial charge in [-0.2, -0.15) is 0 Å². The van der Waals surface area contributed by atoms with Crippen LogP contribution in [-0.4, -0.2) is 33.3 Å². The molecule has 1 saturated heterocycles. The van der Waals surface area contributed by atoms with E-state index < -0.39 is 0 Å². The summed E-state index contributed by atoms with van der Waals surface area (Å²) < 4.78 is 2.03. The first-order valence-corrected chi connectivity index (χ1v) is 11.2. The molecule has 1 fully saturated rings. The smallest absolute Gasteiger partial charge is 0.274 e. The molecule has 0 aliphatic carbocycles. The van der Waals surface area contributed by atoms with E-state index in [0.29, 0.717) is 12.2 Å². The zero-order valence-electron chi connectivity index (χ0n) is 17.7. The monoisotopic (exact) mass is 424 g/mol. The highest BCUT2D eigenvalue weighted by molar-refractivity contribution is 6.31. The van der Waals surface area contributed by atoms with Gasteiger partial charge in [0.2, 0.25) is 0 Å². The van der Waals surface area contributed by atoms with Crippen molar-refractivity contribution in [3.63, 3.8) is 0 Å². The summed E-state index contributed by atoms with van der Waals surface area (Å²) in [5.74, 6) is 0.0421. The van der Waals surface area contributed by atoms with E-state index in [4.69, 9.17) is 16.6 Å². The summed E-state index contributed by atoms with van der Waals surface area (Å²) >= 11 is 6.37. The molecule has 1 N–H and O–H groups in total. The predicted molar refractivity (Wildman–Crippen MR) is 121 cm³/mol. The van der Waals surface area contributed by atoms with Crippen LogP contribution in [0.2, 0.25) is 5.02 Å². The number of carbonyl (C=O) groups excluding carboxylic acids is 1. The van der Waals surface area contributed by atoms with Crippen LogP contribution >= 0.6 is 11.6 Å². The molecule has 0 bridgehead atoms. The number of aryl methyl sites for hydroxylation is 1. The lowest BCUT2D eigenvalue weighted by atomic mass is 10.1. The van der Waals surface area contributed by atoms with Crippen LogP contribution in [0.4, 0.5) is 0 Å². The van der Waals surface area contributed by atoms with Crippen LogP contribution in [0.1, 0.15) is 66.0 Å². The summed E-state index contributed by atoms with van der Waals surface area (Å²) in [4.78, 5) is 20.1. The third-order valence-corrected chi connectivity index (χ3v) is 6.27. The number of aromatic nitrogens is 2. The molecule has 1 atom stereocenters. The summed E-state index contributed by atoms with van der Waals surface area (Å²) in [5.41, 5.74) is 4.45. The Bertz CT molecular complexity index is 1040. The molecule has 4 rings (SSSR count). The van der Waals surface area contributed by atoms with Crippen LogP contribution < -0.4 is 5.32 Å². The van der Waals surface area contributed by atoms with Crippen LogP contribution in [0.15, 0.2) is 42.6 Å². The van der Waals surface area contributed by atoms with Crippen molar-refractivity contribution in [1.29, 1.82) is 0 Å². The molecule has 0 radical (unpaired) electrons. The number of amides is 1. The maximum absolute atomic E-state index is 13.4. The maximum Gasteiger partial charge on any atom is 0.274 e. The first-order valence-electron chi connectivity index (χ1n) is 10.8. The average Bonchev–Trinajstić information content (AvgIpc) is 2.90. The quantitative estimate of drug-likeness (QED) is 0.615. The minimum absolute atomic E-state index is 0.0421. The molecule has 0 spiro atoms. The van der Waals surface area contributed by atoms with Gasteiger partial charge in [-0.05, 0) is 56.0 Å². The summed E-state index contributed by atoms with van der Waals surface area (Å²) in [6.45, 7) is 6.29. The molecule has 5 nitrogen and oxygen atoms in total.